The van der Waals surface area contributed by atoms with Crippen LogP contribution in [0.2, 0.25) is 0 Å². The summed E-state index contributed by atoms with van der Waals surface area (Å²) in [5.74, 6) is -1.22. The molecule has 158 valence electrons. The minimum absolute atomic E-state index is 0.128. The number of hydrogen-bond acceptors (Lipinski definition) is 6. The molecular formula is C21H19FN6O3. The lowest BCUT2D eigenvalue weighted by Crippen LogP contribution is -2.25. The first-order valence-electron chi connectivity index (χ1n) is 9.39. The number of benzene rings is 2. The Bertz CT molecular complexity index is 1180. The number of nitrogen functional groups attached to an aromatic ring is 1. The molecule has 1 aromatic heterocycles. The number of nitrogens with zero attached hydrogens (tertiary/aromatic N) is 4. The van der Waals surface area contributed by atoms with Gasteiger partial charge < -0.3 is 11.1 Å². The summed E-state index contributed by atoms with van der Waals surface area (Å²) >= 11 is 0. The fraction of sp³-hybridized carbons (Fsp3) is 0.190. The second-order valence-electron chi connectivity index (χ2n) is 6.78. The van der Waals surface area contributed by atoms with Gasteiger partial charge in [0.15, 0.2) is 0 Å². The molecule has 0 bridgehead atoms. The third-order valence-corrected chi connectivity index (χ3v) is 4.76. The molecule has 0 saturated heterocycles. The van der Waals surface area contributed by atoms with Crippen LogP contribution in [-0.2, 0) is 6.42 Å². The first kappa shape index (κ1) is 21.4. The van der Waals surface area contributed by atoms with E-state index in [0.717, 1.165) is 17.8 Å². The molecule has 0 unspecified atom stereocenters. The number of rotatable bonds is 7. The van der Waals surface area contributed by atoms with Crippen LogP contribution in [0.1, 0.15) is 33.6 Å². The lowest BCUT2D eigenvalue weighted by molar-refractivity contribution is -0.385. The average Bonchev–Trinajstić information content (AvgIpc) is 3.08. The van der Waals surface area contributed by atoms with Crippen molar-refractivity contribution in [3.8, 4) is 11.8 Å². The molecule has 0 aliphatic heterocycles. The Morgan fingerprint density at radius 1 is 1.35 bits per heavy atom. The van der Waals surface area contributed by atoms with Gasteiger partial charge in [-0.2, -0.15) is 10.4 Å². The lowest BCUT2D eigenvalue weighted by atomic mass is 10.1. The molecule has 1 heterocycles. The van der Waals surface area contributed by atoms with Crippen molar-refractivity contribution >= 4 is 17.4 Å². The first-order valence-corrected chi connectivity index (χ1v) is 9.39. The molecule has 0 aliphatic carbocycles. The van der Waals surface area contributed by atoms with Gasteiger partial charge in [0, 0.05) is 18.2 Å². The van der Waals surface area contributed by atoms with Crippen molar-refractivity contribution in [2.45, 2.75) is 19.8 Å². The van der Waals surface area contributed by atoms with Gasteiger partial charge in [0.25, 0.3) is 11.6 Å². The van der Waals surface area contributed by atoms with Gasteiger partial charge in [-0.3, -0.25) is 14.9 Å². The van der Waals surface area contributed by atoms with Gasteiger partial charge in [-0.1, -0.05) is 18.2 Å². The number of carbonyl (C=O) groups excluding carboxylic acids is 1. The number of nitro groups is 1. The minimum Gasteiger partial charge on any atom is -0.382 e. The second kappa shape index (κ2) is 9.04. The standard InChI is InChI=1S/C21H19FN6O3/c1-13-17(22)10-14(11-19(13)28(30)31)21(29)25-9-5-8-18-16(12-23)20(24)27(26-18)15-6-3-2-4-7-15/h2-4,6-7,10-11H,5,8-9,24H2,1H3,(H,25,29). The van der Waals surface area contributed by atoms with Crippen molar-refractivity contribution in [2.75, 3.05) is 12.3 Å². The van der Waals surface area contributed by atoms with E-state index in [9.17, 15) is 24.6 Å². The summed E-state index contributed by atoms with van der Waals surface area (Å²) in [6.45, 7) is 1.48. The number of nitriles is 1. The van der Waals surface area contributed by atoms with E-state index in [2.05, 4.69) is 16.5 Å². The van der Waals surface area contributed by atoms with Crippen LogP contribution >= 0.6 is 0 Å². The highest BCUT2D eigenvalue weighted by molar-refractivity contribution is 5.95. The van der Waals surface area contributed by atoms with Crippen molar-refractivity contribution in [3.05, 3.63) is 80.8 Å². The van der Waals surface area contributed by atoms with Crippen molar-refractivity contribution in [1.82, 2.24) is 15.1 Å². The maximum Gasteiger partial charge on any atom is 0.276 e. The van der Waals surface area contributed by atoms with E-state index in [4.69, 9.17) is 5.73 Å². The van der Waals surface area contributed by atoms with Crippen molar-refractivity contribution in [1.29, 1.82) is 5.26 Å². The van der Waals surface area contributed by atoms with E-state index in [1.807, 2.05) is 30.3 Å². The number of aromatic nitrogens is 2. The normalized spacial score (nSPS) is 10.5. The van der Waals surface area contributed by atoms with Crippen LogP contribution < -0.4 is 11.1 Å². The smallest absolute Gasteiger partial charge is 0.276 e. The largest absolute Gasteiger partial charge is 0.382 e. The zero-order valence-electron chi connectivity index (χ0n) is 16.6. The number of nitrogens with two attached hydrogens (primary N) is 1. The summed E-state index contributed by atoms with van der Waals surface area (Å²) < 4.78 is 15.4. The molecule has 9 nitrogen and oxygen atoms in total. The first-order chi connectivity index (χ1) is 14.8. The molecule has 3 aromatic rings. The van der Waals surface area contributed by atoms with Gasteiger partial charge >= 0.3 is 0 Å². The number of amides is 1. The van der Waals surface area contributed by atoms with Crippen molar-refractivity contribution in [3.63, 3.8) is 0 Å². The molecule has 3 rings (SSSR count). The molecule has 0 saturated carbocycles. The molecule has 1 amide bonds. The van der Waals surface area contributed by atoms with Crippen molar-refractivity contribution < 1.29 is 14.1 Å². The van der Waals surface area contributed by atoms with Crippen LogP contribution in [0.3, 0.4) is 0 Å². The molecule has 0 radical (unpaired) electrons. The summed E-state index contributed by atoms with van der Waals surface area (Å²) in [4.78, 5) is 22.6. The fourth-order valence-corrected chi connectivity index (χ4v) is 3.09. The molecular weight excluding hydrogens is 403 g/mol. The van der Waals surface area contributed by atoms with Crippen LogP contribution in [-0.4, -0.2) is 27.2 Å². The van der Waals surface area contributed by atoms with Crippen LogP contribution in [0.25, 0.3) is 5.69 Å². The van der Waals surface area contributed by atoms with E-state index >= 15 is 0 Å². The molecule has 31 heavy (non-hydrogen) atoms. The summed E-state index contributed by atoms with van der Waals surface area (Å²) in [5, 5.41) is 27.5. The van der Waals surface area contributed by atoms with Gasteiger partial charge in [-0.05, 0) is 38.0 Å². The van der Waals surface area contributed by atoms with Crippen LogP contribution in [0, 0.1) is 34.2 Å². The minimum atomic E-state index is -0.820. The monoisotopic (exact) mass is 422 g/mol. The molecule has 0 aliphatic rings. The zero-order valence-corrected chi connectivity index (χ0v) is 16.6. The lowest BCUT2D eigenvalue weighted by Gasteiger charge is -2.06. The van der Waals surface area contributed by atoms with E-state index in [0.29, 0.717) is 18.5 Å². The Balaban J connectivity index is 1.66. The number of nitrogens with one attached hydrogen (secondary N) is 1. The van der Waals surface area contributed by atoms with Gasteiger partial charge in [0.2, 0.25) is 0 Å². The Kier molecular flexibility index (Phi) is 6.26. The number of nitro benzene ring substituents is 1. The highest BCUT2D eigenvalue weighted by Crippen LogP contribution is 2.23. The Morgan fingerprint density at radius 3 is 2.71 bits per heavy atom. The quantitative estimate of drug-likeness (QED) is 0.341. The number of carbonyl (C=O) groups is 1. The Morgan fingerprint density at radius 2 is 2.06 bits per heavy atom. The number of para-hydroxylation sites is 1. The number of aryl methyl sites for hydroxylation is 1. The summed E-state index contributed by atoms with van der Waals surface area (Å²) in [5.41, 5.74) is 6.83. The number of halogens is 1. The Labute approximate surface area is 177 Å². The summed E-state index contributed by atoms with van der Waals surface area (Å²) in [7, 11) is 0. The number of hydrogen-bond donors (Lipinski definition) is 2. The average molecular weight is 422 g/mol. The predicted molar refractivity (Wildman–Crippen MR) is 111 cm³/mol. The molecule has 0 atom stereocenters. The second-order valence-corrected chi connectivity index (χ2v) is 6.78. The molecule has 10 heteroatoms. The third-order valence-electron chi connectivity index (χ3n) is 4.76. The molecule has 2 aromatic carbocycles. The SMILES string of the molecule is Cc1c(F)cc(C(=O)NCCCc2nn(-c3ccccc3)c(N)c2C#N)cc1[N+](=O)[O-]. The van der Waals surface area contributed by atoms with E-state index in [1.165, 1.54) is 11.6 Å². The van der Waals surface area contributed by atoms with Gasteiger partial charge in [0.05, 0.1) is 21.9 Å². The Hall–Kier alpha value is -4.26. The molecule has 3 N–H and O–H groups in total. The maximum absolute atomic E-state index is 13.9. The topological polar surface area (TPSA) is 140 Å². The van der Waals surface area contributed by atoms with Crippen LogP contribution in [0.15, 0.2) is 42.5 Å². The fourth-order valence-electron chi connectivity index (χ4n) is 3.09. The predicted octanol–water partition coefficient (Wildman–Crippen LogP) is 3.04. The highest BCUT2D eigenvalue weighted by Gasteiger charge is 2.20. The van der Waals surface area contributed by atoms with E-state index < -0.39 is 22.3 Å². The highest BCUT2D eigenvalue weighted by atomic mass is 19.1. The van der Waals surface area contributed by atoms with E-state index in [-0.39, 0.29) is 29.1 Å². The third kappa shape index (κ3) is 4.51. The van der Waals surface area contributed by atoms with Gasteiger partial charge in [-0.25, -0.2) is 9.07 Å². The summed E-state index contributed by atoms with van der Waals surface area (Å²) in [6, 6.07) is 13.2. The van der Waals surface area contributed by atoms with E-state index in [1.54, 1.807) is 0 Å². The zero-order chi connectivity index (χ0) is 22.5. The van der Waals surface area contributed by atoms with Crippen LogP contribution in [0.4, 0.5) is 15.9 Å². The number of anilines is 1. The van der Waals surface area contributed by atoms with Gasteiger partial charge in [-0.15, -0.1) is 0 Å². The van der Waals surface area contributed by atoms with Crippen molar-refractivity contribution in [2.24, 2.45) is 0 Å². The maximum atomic E-state index is 13.9. The van der Waals surface area contributed by atoms with Gasteiger partial charge in [0.1, 0.15) is 23.3 Å². The summed E-state index contributed by atoms with van der Waals surface area (Å²) in [6.07, 6.45) is 0.803. The molecule has 0 fully saturated rings. The molecule has 0 spiro atoms. The van der Waals surface area contributed by atoms with Crippen LogP contribution in [0.5, 0.6) is 0 Å².